The maximum absolute atomic E-state index is 14.6. The van der Waals surface area contributed by atoms with E-state index in [9.17, 15) is 22.0 Å². The van der Waals surface area contributed by atoms with Gasteiger partial charge in [-0.3, -0.25) is 0 Å². The number of hydrogen-bond donors (Lipinski definition) is 1. The van der Waals surface area contributed by atoms with Crippen LogP contribution in [-0.2, 0) is 4.74 Å². The predicted molar refractivity (Wildman–Crippen MR) is 98.3 cm³/mol. The Bertz CT molecular complexity index is 479. The Labute approximate surface area is 160 Å². The second-order valence-electron chi connectivity index (χ2n) is 8.80. The molecule has 0 spiro atoms. The molecule has 2 aliphatic carbocycles. The zero-order chi connectivity index (χ0) is 19.8. The molecule has 3 fully saturated rings. The van der Waals surface area contributed by atoms with Crippen molar-refractivity contribution in [2.24, 2.45) is 17.8 Å². The van der Waals surface area contributed by atoms with E-state index >= 15 is 0 Å². The van der Waals surface area contributed by atoms with Gasteiger partial charge >= 0.3 is 6.11 Å². The van der Waals surface area contributed by atoms with Crippen LogP contribution < -0.4 is 5.32 Å². The molecule has 0 bridgehead atoms. The van der Waals surface area contributed by atoms with E-state index in [0.29, 0.717) is 25.2 Å². The van der Waals surface area contributed by atoms with Crippen molar-refractivity contribution in [1.82, 2.24) is 5.32 Å². The Morgan fingerprint density at radius 2 is 1.63 bits per heavy atom. The first-order valence-corrected chi connectivity index (χ1v) is 10.8. The van der Waals surface area contributed by atoms with Gasteiger partial charge in [0, 0.05) is 18.1 Å². The number of alkyl halides is 5. The summed E-state index contributed by atoms with van der Waals surface area (Å²) in [6.45, 7) is 2.77. The standard InChI is InChI=1S/C19H31F5NOP/c1-10-6-15(21)18(25-9-10)11-2-4-12(5-3-11)19(23,24)26-13-7-14(20)17(22)16(27)8-13/h10-18,25H,2-9,27H2,1H3. The molecule has 8 unspecified atom stereocenters. The second kappa shape index (κ2) is 8.79. The summed E-state index contributed by atoms with van der Waals surface area (Å²) < 4.78 is 75.7. The molecule has 0 aromatic rings. The van der Waals surface area contributed by atoms with Gasteiger partial charge in [0.1, 0.15) is 18.5 Å². The molecule has 1 aliphatic heterocycles. The van der Waals surface area contributed by atoms with Gasteiger partial charge in [-0.15, -0.1) is 9.24 Å². The minimum absolute atomic E-state index is 0.0631. The maximum atomic E-state index is 14.6. The van der Waals surface area contributed by atoms with Gasteiger partial charge in [-0.2, -0.15) is 8.78 Å². The summed E-state index contributed by atoms with van der Waals surface area (Å²) in [5.41, 5.74) is -0.702. The number of nitrogens with one attached hydrogen (secondary N) is 1. The topological polar surface area (TPSA) is 21.3 Å². The Hall–Kier alpha value is -0.0000000000000000555. The average Bonchev–Trinajstić information content (AvgIpc) is 2.59. The first kappa shape index (κ1) is 21.7. The fourth-order valence-electron chi connectivity index (χ4n) is 4.95. The summed E-state index contributed by atoms with van der Waals surface area (Å²) in [7, 11) is 2.19. The third kappa shape index (κ3) is 5.14. The second-order valence-corrected chi connectivity index (χ2v) is 9.66. The van der Waals surface area contributed by atoms with Gasteiger partial charge < -0.3 is 10.1 Å². The maximum Gasteiger partial charge on any atom is 0.358 e. The van der Waals surface area contributed by atoms with Crippen LogP contribution >= 0.6 is 9.24 Å². The Morgan fingerprint density at radius 3 is 2.22 bits per heavy atom. The highest BCUT2D eigenvalue weighted by Gasteiger charge is 2.48. The summed E-state index contributed by atoms with van der Waals surface area (Å²) in [4.78, 5) is 0. The quantitative estimate of drug-likeness (QED) is 0.525. The molecule has 27 heavy (non-hydrogen) atoms. The molecule has 1 heterocycles. The molecular formula is C19H31F5NOP. The fraction of sp³-hybridized carbons (Fsp3) is 1.00. The van der Waals surface area contributed by atoms with Crippen LogP contribution in [0, 0.1) is 17.8 Å². The monoisotopic (exact) mass is 415 g/mol. The molecule has 8 atom stereocenters. The molecule has 0 amide bonds. The van der Waals surface area contributed by atoms with Gasteiger partial charge in [0.05, 0.1) is 12.0 Å². The Kier molecular flexibility index (Phi) is 7.06. The van der Waals surface area contributed by atoms with Crippen molar-refractivity contribution in [2.75, 3.05) is 6.54 Å². The summed E-state index contributed by atoms with van der Waals surface area (Å²) in [6.07, 6.45) is -6.80. The van der Waals surface area contributed by atoms with E-state index in [0.717, 1.165) is 6.54 Å². The fourth-order valence-corrected chi connectivity index (χ4v) is 5.49. The smallest absolute Gasteiger partial charge is 0.317 e. The Balaban J connectivity index is 1.51. The first-order chi connectivity index (χ1) is 12.7. The van der Waals surface area contributed by atoms with Crippen LogP contribution in [0.2, 0.25) is 0 Å². The van der Waals surface area contributed by atoms with Crippen molar-refractivity contribution in [2.45, 2.75) is 94.3 Å². The Morgan fingerprint density at radius 1 is 0.963 bits per heavy atom. The summed E-state index contributed by atoms with van der Waals surface area (Å²) >= 11 is 0. The van der Waals surface area contributed by atoms with E-state index in [1.165, 1.54) is 0 Å². The number of rotatable bonds is 4. The number of ether oxygens (including phenoxy) is 1. The summed E-state index contributed by atoms with van der Waals surface area (Å²) in [5.74, 6) is -0.587. The third-order valence-corrected chi connectivity index (χ3v) is 7.22. The summed E-state index contributed by atoms with van der Waals surface area (Å²) in [6, 6.07) is -0.248. The van der Waals surface area contributed by atoms with Crippen molar-refractivity contribution in [3.63, 3.8) is 0 Å². The van der Waals surface area contributed by atoms with Crippen molar-refractivity contribution in [1.29, 1.82) is 0 Å². The molecule has 3 rings (SSSR count). The molecule has 3 aliphatic rings. The van der Waals surface area contributed by atoms with E-state index in [1.807, 2.05) is 6.92 Å². The van der Waals surface area contributed by atoms with Gasteiger partial charge in [0.15, 0.2) is 0 Å². The number of halogens is 5. The van der Waals surface area contributed by atoms with Gasteiger partial charge in [-0.25, -0.2) is 13.2 Å². The number of piperidine rings is 1. The van der Waals surface area contributed by atoms with E-state index < -0.39 is 42.3 Å². The first-order valence-electron chi connectivity index (χ1n) is 10.1. The van der Waals surface area contributed by atoms with E-state index in [-0.39, 0.29) is 37.6 Å². The van der Waals surface area contributed by atoms with Crippen LogP contribution in [0.25, 0.3) is 0 Å². The minimum Gasteiger partial charge on any atom is -0.317 e. The molecule has 0 aromatic heterocycles. The highest BCUT2D eigenvalue weighted by atomic mass is 31.0. The minimum atomic E-state index is -3.35. The lowest BCUT2D eigenvalue weighted by atomic mass is 9.75. The van der Waals surface area contributed by atoms with Gasteiger partial charge in [0.25, 0.3) is 0 Å². The SMILES string of the molecule is CC1CNC(C2CCC(C(F)(F)OC3CC(F)C(F)C(P)C3)CC2)C(F)C1. The van der Waals surface area contributed by atoms with Crippen LogP contribution in [-0.4, -0.2) is 49.0 Å². The van der Waals surface area contributed by atoms with E-state index in [2.05, 4.69) is 14.6 Å². The third-order valence-electron chi connectivity index (χ3n) is 6.58. The highest BCUT2D eigenvalue weighted by molar-refractivity contribution is 7.17. The lowest BCUT2D eigenvalue weighted by Crippen LogP contribution is -2.51. The average molecular weight is 415 g/mol. The van der Waals surface area contributed by atoms with Crippen molar-refractivity contribution < 1.29 is 26.7 Å². The predicted octanol–water partition coefficient (Wildman–Crippen LogP) is 4.82. The number of hydrogen-bond acceptors (Lipinski definition) is 2. The molecule has 1 N–H and O–H groups in total. The van der Waals surface area contributed by atoms with Crippen LogP contribution in [0.4, 0.5) is 22.0 Å². The molecule has 8 heteroatoms. The lowest BCUT2D eigenvalue weighted by molar-refractivity contribution is -0.303. The van der Waals surface area contributed by atoms with Crippen molar-refractivity contribution >= 4 is 9.24 Å². The van der Waals surface area contributed by atoms with Crippen molar-refractivity contribution in [3.05, 3.63) is 0 Å². The molecule has 158 valence electrons. The highest BCUT2D eigenvalue weighted by Crippen LogP contribution is 2.44. The largest absolute Gasteiger partial charge is 0.358 e. The zero-order valence-electron chi connectivity index (χ0n) is 15.7. The van der Waals surface area contributed by atoms with Crippen molar-refractivity contribution in [3.8, 4) is 0 Å². The molecule has 2 nitrogen and oxygen atoms in total. The molecular weight excluding hydrogens is 384 g/mol. The molecule has 2 saturated carbocycles. The summed E-state index contributed by atoms with van der Waals surface area (Å²) in [5, 5.41) is 3.25. The van der Waals surface area contributed by atoms with Gasteiger partial charge in [0.2, 0.25) is 0 Å². The molecule has 1 saturated heterocycles. The normalized spacial score (nSPS) is 47.0. The molecule has 0 radical (unpaired) electrons. The van der Waals surface area contributed by atoms with Crippen LogP contribution in [0.1, 0.15) is 51.9 Å². The van der Waals surface area contributed by atoms with Crippen LogP contribution in [0.15, 0.2) is 0 Å². The van der Waals surface area contributed by atoms with Gasteiger partial charge in [-0.1, -0.05) is 6.92 Å². The van der Waals surface area contributed by atoms with Crippen LogP contribution in [0.5, 0.6) is 0 Å². The lowest BCUT2D eigenvalue weighted by Gasteiger charge is -2.42. The molecule has 0 aromatic carbocycles. The van der Waals surface area contributed by atoms with E-state index in [4.69, 9.17) is 4.74 Å². The van der Waals surface area contributed by atoms with Gasteiger partial charge in [-0.05, 0) is 56.9 Å². The van der Waals surface area contributed by atoms with E-state index in [1.54, 1.807) is 0 Å². The zero-order valence-corrected chi connectivity index (χ0v) is 16.9. The van der Waals surface area contributed by atoms with Crippen LogP contribution in [0.3, 0.4) is 0 Å².